The van der Waals surface area contributed by atoms with E-state index >= 15 is 0 Å². The van der Waals surface area contributed by atoms with E-state index in [4.69, 9.17) is 0 Å². The fourth-order valence-corrected chi connectivity index (χ4v) is 2.33. The molecule has 0 spiro atoms. The second-order valence-electron chi connectivity index (χ2n) is 4.15. The summed E-state index contributed by atoms with van der Waals surface area (Å²) in [5, 5.41) is 0. The van der Waals surface area contributed by atoms with Gasteiger partial charge in [-0.05, 0) is 36.2 Å². The van der Waals surface area contributed by atoms with Crippen LogP contribution >= 0.6 is 15.9 Å². The van der Waals surface area contributed by atoms with Crippen LogP contribution in [0.25, 0.3) is 0 Å². The Morgan fingerprint density at radius 1 is 1.22 bits per heavy atom. The number of carbonyl (C=O) groups is 1. The van der Waals surface area contributed by atoms with Crippen molar-refractivity contribution in [1.82, 2.24) is 0 Å². The van der Waals surface area contributed by atoms with Crippen LogP contribution in [0.4, 0.5) is 4.39 Å². The van der Waals surface area contributed by atoms with Crippen LogP contribution < -0.4 is 0 Å². The van der Waals surface area contributed by atoms with E-state index in [1.54, 1.807) is 24.3 Å². The Labute approximate surface area is 114 Å². The summed E-state index contributed by atoms with van der Waals surface area (Å²) in [6, 6.07) is 11.8. The number of hydrogen-bond acceptors (Lipinski definition) is 1. The summed E-state index contributed by atoms with van der Waals surface area (Å²) in [5.41, 5.74) is 1.97. The molecule has 2 rings (SSSR count). The molecule has 0 aliphatic heterocycles. The van der Waals surface area contributed by atoms with Crippen molar-refractivity contribution in [3.05, 3.63) is 69.4 Å². The molecule has 0 saturated carbocycles. The molecule has 0 bridgehead atoms. The molecule has 0 aliphatic rings. The van der Waals surface area contributed by atoms with Crippen LogP contribution in [0.5, 0.6) is 0 Å². The van der Waals surface area contributed by atoms with Gasteiger partial charge in [0.25, 0.3) is 0 Å². The number of Topliss-reactive ketones (excluding diaryl/α,β-unsaturated/α-hetero) is 1. The molecule has 1 nitrogen and oxygen atoms in total. The van der Waals surface area contributed by atoms with E-state index in [1.165, 1.54) is 6.07 Å². The molecule has 0 radical (unpaired) electrons. The van der Waals surface area contributed by atoms with E-state index in [-0.39, 0.29) is 18.0 Å². The normalized spacial score (nSPS) is 10.4. The van der Waals surface area contributed by atoms with E-state index in [2.05, 4.69) is 15.9 Å². The third kappa shape index (κ3) is 2.85. The van der Waals surface area contributed by atoms with Gasteiger partial charge in [-0.1, -0.05) is 40.2 Å². The van der Waals surface area contributed by atoms with Crippen LogP contribution in [-0.2, 0) is 6.42 Å². The van der Waals surface area contributed by atoms with Crippen molar-refractivity contribution in [3.8, 4) is 0 Å². The van der Waals surface area contributed by atoms with E-state index in [9.17, 15) is 9.18 Å². The molecule has 0 unspecified atom stereocenters. The average Bonchev–Trinajstić information content (AvgIpc) is 2.32. The quantitative estimate of drug-likeness (QED) is 0.772. The Morgan fingerprint density at radius 2 is 1.94 bits per heavy atom. The lowest BCUT2D eigenvalue weighted by molar-refractivity contribution is 0.0991. The molecule has 0 atom stereocenters. The SMILES string of the molecule is Cc1cc(Br)ccc1C(=O)Cc1ccccc1F. The standard InChI is InChI=1S/C15H12BrFO/c1-10-8-12(16)6-7-13(10)15(18)9-11-4-2-3-5-14(11)17/h2-8H,9H2,1H3. The Bertz CT molecular complexity index is 593. The maximum absolute atomic E-state index is 13.5. The van der Waals surface area contributed by atoms with Crippen molar-refractivity contribution >= 4 is 21.7 Å². The molecular formula is C15H12BrFO. The fourth-order valence-electron chi connectivity index (χ4n) is 1.85. The maximum atomic E-state index is 13.5. The molecule has 0 heterocycles. The minimum absolute atomic E-state index is 0.0647. The molecule has 3 heteroatoms. The molecule has 0 fully saturated rings. The summed E-state index contributed by atoms with van der Waals surface area (Å²) in [7, 11) is 0. The van der Waals surface area contributed by atoms with Gasteiger partial charge in [0.2, 0.25) is 0 Å². The summed E-state index contributed by atoms with van der Waals surface area (Å²) in [6.07, 6.45) is 0.0924. The number of hydrogen-bond donors (Lipinski definition) is 0. The summed E-state index contributed by atoms with van der Waals surface area (Å²) in [5.74, 6) is -0.397. The predicted molar refractivity (Wildman–Crippen MR) is 73.3 cm³/mol. The number of ketones is 1. The van der Waals surface area contributed by atoms with E-state index in [1.807, 2.05) is 19.1 Å². The smallest absolute Gasteiger partial charge is 0.167 e. The number of aryl methyl sites for hydroxylation is 1. The van der Waals surface area contributed by atoms with Gasteiger partial charge < -0.3 is 0 Å². The maximum Gasteiger partial charge on any atom is 0.167 e. The number of carbonyl (C=O) groups excluding carboxylic acids is 1. The van der Waals surface area contributed by atoms with Gasteiger partial charge in [-0.15, -0.1) is 0 Å². The zero-order chi connectivity index (χ0) is 13.1. The van der Waals surface area contributed by atoms with Gasteiger partial charge in [-0.25, -0.2) is 4.39 Å². The lowest BCUT2D eigenvalue weighted by Gasteiger charge is -2.06. The van der Waals surface area contributed by atoms with E-state index in [0.29, 0.717) is 11.1 Å². The van der Waals surface area contributed by atoms with Crippen LogP contribution in [0.1, 0.15) is 21.5 Å². The summed E-state index contributed by atoms with van der Waals surface area (Å²) in [6.45, 7) is 1.87. The Balaban J connectivity index is 2.25. The van der Waals surface area contributed by atoms with Gasteiger partial charge in [-0.3, -0.25) is 4.79 Å². The van der Waals surface area contributed by atoms with Crippen LogP contribution in [0, 0.1) is 12.7 Å². The molecule has 92 valence electrons. The third-order valence-corrected chi connectivity index (χ3v) is 3.29. The van der Waals surface area contributed by atoms with Crippen LogP contribution in [0.2, 0.25) is 0 Å². The number of halogens is 2. The molecule has 18 heavy (non-hydrogen) atoms. The minimum atomic E-state index is -0.333. The Morgan fingerprint density at radius 3 is 2.61 bits per heavy atom. The first-order valence-electron chi connectivity index (χ1n) is 5.60. The zero-order valence-corrected chi connectivity index (χ0v) is 11.5. The third-order valence-electron chi connectivity index (χ3n) is 2.80. The highest BCUT2D eigenvalue weighted by Crippen LogP contribution is 2.18. The monoisotopic (exact) mass is 306 g/mol. The summed E-state index contributed by atoms with van der Waals surface area (Å²) in [4.78, 5) is 12.1. The molecule has 0 saturated heterocycles. The molecule has 0 aromatic heterocycles. The number of rotatable bonds is 3. The van der Waals surface area contributed by atoms with Crippen molar-refractivity contribution < 1.29 is 9.18 Å². The highest BCUT2D eigenvalue weighted by molar-refractivity contribution is 9.10. The van der Waals surface area contributed by atoms with Gasteiger partial charge >= 0.3 is 0 Å². The van der Waals surface area contributed by atoms with Crippen molar-refractivity contribution in [1.29, 1.82) is 0 Å². The first-order chi connectivity index (χ1) is 8.58. The highest BCUT2D eigenvalue weighted by atomic mass is 79.9. The van der Waals surface area contributed by atoms with Gasteiger partial charge in [0, 0.05) is 16.5 Å². The molecular weight excluding hydrogens is 295 g/mol. The minimum Gasteiger partial charge on any atom is -0.294 e. The Hall–Kier alpha value is -1.48. The number of benzene rings is 2. The van der Waals surface area contributed by atoms with E-state index in [0.717, 1.165) is 10.0 Å². The fraction of sp³-hybridized carbons (Fsp3) is 0.133. The molecule has 2 aromatic carbocycles. The lowest BCUT2D eigenvalue weighted by Crippen LogP contribution is -2.07. The second kappa shape index (κ2) is 5.44. The zero-order valence-electron chi connectivity index (χ0n) is 9.91. The van der Waals surface area contributed by atoms with Gasteiger partial charge in [0.15, 0.2) is 5.78 Å². The van der Waals surface area contributed by atoms with Crippen molar-refractivity contribution in [2.45, 2.75) is 13.3 Å². The van der Waals surface area contributed by atoms with Crippen LogP contribution in [0.15, 0.2) is 46.9 Å². The topological polar surface area (TPSA) is 17.1 Å². The molecule has 0 N–H and O–H groups in total. The van der Waals surface area contributed by atoms with Gasteiger partial charge in [0.1, 0.15) is 5.82 Å². The van der Waals surface area contributed by atoms with Crippen molar-refractivity contribution in [2.24, 2.45) is 0 Å². The predicted octanol–water partition coefficient (Wildman–Crippen LogP) is 4.32. The molecule has 2 aromatic rings. The second-order valence-corrected chi connectivity index (χ2v) is 5.07. The van der Waals surface area contributed by atoms with E-state index < -0.39 is 0 Å². The summed E-state index contributed by atoms with van der Waals surface area (Å²) >= 11 is 3.35. The van der Waals surface area contributed by atoms with Crippen LogP contribution in [0.3, 0.4) is 0 Å². The lowest BCUT2D eigenvalue weighted by atomic mass is 9.99. The molecule has 0 aliphatic carbocycles. The highest BCUT2D eigenvalue weighted by Gasteiger charge is 2.12. The summed E-state index contributed by atoms with van der Waals surface area (Å²) < 4.78 is 14.4. The van der Waals surface area contributed by atoms with Crippen molar-refractivity contribution in [3.63, 3.8) is 0 Å². The average molecular weight is 307 g/mol. The first kappa shape index (κ1) is 13.0. The first-order valence-corrected chi connectivity index (χ1v) is 6.40. The largest absolute Gasteiger partial charge is 0.294 e. The van der Waals surface area contributed by atoms with Gasteiger partial charge in [0.05, 0.1) is 0 Å². The van der Waals surface area contributed by atoms with Crippen LogP contribution in [-0.4, -0.2) is 5.78 Å². The Kier molecular flexibility index (Phi) is 3.92. The molecule has 0 amide bonds. The van der Waals surface area contributed by atoms with Crippen molar-refractivity contribution in [2.75, 3.05) is 0 Å². The van der Waals surface area contributed by atoms with Gasteiger partial charge in [-0.2, -0.15) is 0 Å².